The molecule has 0 aliphatic carbocycles. The summed E-state index contributed by atoms with van der Waals surface area (Å²) in [6.07, 6.45) is 5.13. The standard InChI is InChI=1S/C15H24N2/c1-4-8-14(9-5-2)16(3)17-12-13-10-6-7-11-15(13)17/h6-7,10-11,14H,4-5,8-9,12H2,1-3H3. The van der Waals surface area contributed by atoms with E-state index in [2.05, 4.69) is 55.2 Å². The normalized spacial score (nSPS) is 14.1. The molecule has 2 rings (SSSR count). The molecule has 0 fully saturated rings. The third-order valence-electron chi connectivity index (χ3n) is 3.74. The molecule has 0 saturated carbocycles. The van der Waals surface area contributed by atoms with E-state index in [0.29, 0.717) is 6.04 Å². The van der Waals surface area contributed by atoms with E-state index >= 15 is 0 Å². The van der Waals surface area contributed by atoms with Crippen molar-refractivity contribution < 1.29 is 0 Å². The molecule has 1 aliphatic rings. The molecule has 94 valence electrons. The quantitative estimate of drug-likeness (QED) is 0.735. The van der Waals surface area contributed by atoms with Crippen LogP contribution in [-0.2, 0) is 6.54 Å². The van der Waals surface area contributed by atoms with Gasteiger partial charge >= 0.3 is 0 Å². The van der Waals surface area contributed by atoms with Gasteiger partial charge in [0.2, 0.25) is 0 Å². The minimum atomic E-state index is 0.693. The lowest BCUT2D eigenvalue weighted by Gasteiger charge is -2.46. The van der Waals surface area contributed by atoms with Crippen LogP contribution in [0, 0.1) is 0 Å². The van der Waals surface area contributed by atoms with Crippen molar-refractivity contribution in [3.8, 4) is 0 Å². The van der Waals surface area contributed by atoms with Gasteiger partial charge in [0.05, 0.1) is 12.2 Å². The molecule has 0 unspecified atom stereocenters. The van der Waals surface area contributed by atoms with E-state index < -0.39 is 0 Å². The van der Waals surface area contributed by atoms with Gasteiger partial charge < -0.3 is 5.01 Å². The Hall–Kier alpha value is -1.02. The van der Waals surface area contributed by atoms with Crippen molar-refractivity contribution in [1.82, 2.24) is 5.01 Å². The molecule has 1 aliphatic heterocycles. The highest BCUT2D eigenvalue weighted by Gasteiger charge is 2.28. The smallest absolute Gasteiger partial charge is 0.0618 e. The fourth-order valence-corrected chi connectivity index (χ4v) is 2.71. The van der Waals surface area contributed by atoms with Crippen LogP contribution in [0.5, 0.6) is 0 Å². The average Bonchev–Trinajstić information content (AvgIpc) is 2.30. The van der Waals surface area contributed by atoms with Crippen LogP contribution in [0.3, 0.4) is 0 Å². The fraction of sp³-hybridized carbons (Fsp3) is 0.600. The molecular weight excluding hydrogens is 208 g/mol. The van der Waals surface area contributed by atoms with Crippen molar-refractivity contribution in [2.45, 2.75) is 52.1 Å². The highest BCUT2D eigenvalue weighted by atomic mass is 15.6. The molecule has 0 atom stereocenters. The number of hydrogen-bond acceptors (Lipinski definition) is 2. The molecule has 0 amide bonds. The second kappa shape index (κ2) is 5.54. The Balaban J connectivity index is 2.03. The maximum atomic E-state index is 2.45. The summed E-state index contributed by atoms with van der Waals surface area (Å²) in [7, 11) is 2.24. The minimum absolute atomic E-state index is 0.693. The molecule has 0 radical (unpaired) electrons. The molecule has 1 heterocycles. The molecule has 0 N–H and O–H groups in total. The Morgan fingerprint density at radius 3 is 2.41 bits per heavy atom. The van der Waals surface area contributed by atoms with Crippen LogP contribution in [0.1, 0.15) is 45.1 Å². The molecular formula is C15H24N2. The number of fused-ring (bicyclic) bond motifs is 1. The summed E-state index contributed by atoms with van der Waals surface area (Å²) in [6.45, 7) is 5.64. The van der Waals surface area contributed by atoms with Gasteiger partial charge in [0.25, 0.3) is 0 Å². The second-order valence-electron chi connectivity index (χ2n) is 4.99. The molecule has 0 aromatic heterocycles. The van der Waals surface area contributed by atoms with Crippen LogP contribution in [0.4, 0.5) is 5.69 Å². The van der Waals surface area contributed by atoms with Crippen molar-refractivity contribution in [2.75, 3.05) is 12.1 Å². The lowest BCUT2D eigenvalue weighted by atomic mass is 10.0. The molecule has 0 spiro atoms. The maximum absolute atomic E-state index is 2.45. The molecule has 1 aromatic carbocycles. The largest absolute Gasteiger partial charge is 0.301 e. The molecule has 17 heavy (non-hydrogen) atoms. The number of benzene rings is 1. The van der Waals surface area contributed by atoms with E-state index in [0.717, 1.165) is 6.54 Å². The number of anilines is 1. The zero-order valence-corrected chi connectivity index (χ0v) is 11.3. The Bertz CT molecular complexity index is 356. The highest BCUT2D eigenvalue weighted by molar-refractivity contribution is 5.61. The van der Waals surface area contributed by atoms with Gasteiger partial charge in [0.1, 0.15) is 0 Å². The number of hydrogen-bond donors (Lipinski definition) is 0. The average molecular weight is 232 g/mol. The van der Waals surface area contributed by atoms with Gasteiger partial charge in [-0.25, -0.2) is 5.01 Å². The van der Waals surface area contributed by atoms with Crippen molar-refractivity contribution in [3.63, 3.8) is 0 Å². The zero-order valence-electron chi connectivity index (χ0n) is 11.3. The van der Waals surface area contributed by atoms with Gasteiger partial charge in [-0.1, -0.05) is 44.9 Å². The predicted octanol–water partition coefficient (Wildman–Crippen LogP) is 3.82. The zero-order chi connectivity index (χ0) is 12.3. The Morgan fingerprint density at radius 2 is 1.82 bits per heavy atom. The Labute approximate surface area is 105 Å². The van der Waals surface area contributed by atoms with Gasteiger partial charge in [-0.2, -0.15) is 0 Å². The molecule has 1 aromatic rings. The maximum Gasteiger partial charge on any atom is 0.0618 e. The van der Waals surface area contributed by atoms with Gasteiger partial charge in [0, 0.05) is 13.1 Å². The van der Waals surface area contributed by atoms with Gasteiger partial charge in [-0.3, -0.25) is 0 Å². The van der Waals surface area contributed by atoms with E-state index in [1.807, 2.05) is 0 Å². The topological polar surface area (TPSA) is 6.48 Å². The lowest BCUT2D eigenvalue weighted by Crippen LogP contribution is -2.50. The SMILES string of the molecule is CCCC(CCC)N(C)N1Cc2ccccc21. The predicted molar refractivity (Wildman–Crippen MR) is 74.0 cm³/mol. The Morgan fingerprint density at radius 1 is 1.18 bits per heavy atom. The van der Waals surface area contributed by atoms with Crippen LogP contribution < -0.4 is 5.01 Å². The number of hydrazine groups is 1. The van der Waals surface area contributed by atoms with Crippen molar-refractivity contribution >= 4 is 5.69 Å². The first-order valence-corrected chi connectivity index (χ1v) is 6.86. The first-order valence-electron chi connectivity index (χ1n) is 6.86. The fourth-order valence-electron chi connectivity index (χ4n) is 2.71. The van der Waals surface area contributed by atoms with Crippen molar-refractivity contribution in [3.05, 3.63) is 29.8 Å². The third-order valence-corrected chi connectivity index (χ3v) is 3.74. The number of para-hydroxylation sites is 1. The molecule has 2 nitrogen and oxygen atoms in total. The number of rotatable bonds is 6. The van der Waals surface area contributed by atoms with Crippen molar-refractivity contribution in [1.29, 1.82) is 0 Å². The molecule has 0 saturated heterocycles. The van der Waals surface area contributed by atoms with E-state index in [1.165, 1.54) is 36.9 Å². The van der Waals surface area contributed by atoms with Gasteiger partial charge in [0.15, 0.2) is 0 Å². The molecule has 2 heteroatoms. The number of nitrogens with zero attached hydrogens (tertiary/aromatic N) is 2. The molecule has 0 bridgehead atoms. The summed E-state index contributed by atoms with van der Waals surface area (Å²) < 4.78 is 0. The summed E-state index contributed by atoms with van der Waals surface area (Å²) >= 11 is 0. The first kappa shape index (κ1) is 12.4. The summed E-state index contributed by atoms with van der Waals surface area (Å²) in [5.74, 6) is 0. The summed E-state index contributed by atoms with van der Waals surface area (Å²) in [5.41, 5.74) is 2.87. The monoisotopic (exact) mass is 232 g/mol. The van der Waals surface area contributed by atoms with E-state index in [9.17, 15) is 0 Å². The highest BCUT2D eigenvalue weighted by Crippen LogP contribution is 2.34. The van der Waals surface area contributed by atoms with Crippen molar-refractivity contribution in [2.24, 2.45) is 0 Å². The second-order valence-corrected chi connectivity index (χ2v) is 4.99. The summed E-state index contributed by atoms with van der Waals surface area (Å²) in [4.78, 5) is 0. The van der Waals surface area contributed by atoms with Crippen LogP contribution >= 0.6 is 0 Å². The first-order chi connectivity index (χ1) is 8.27. The van der Waals surface area contributed by atoms with E-state index in [1.54, 1.807) is 0 Å². The van der Waals surface area contributed by atoms with E-state index in [4.69, 9.17) is 0 Å². The van der Waals surface area contributed by atoms with Crippen LogP contribution in [0.25, 0.3) is 0 Å². The summed E-state index contributed by atoms with van der Waals surface area (Å²) in [6, 6.07) is 9.41. The van der Waals surface area contributed by atoms with Gasteiger partial charge in [-0.15, -0.1) is 0 Å². The summed E-state index contributed by atoms with van der Waals surface area (Å²) in [5, 5.41) is 4.88. The van der Waals surface area contributed by atoms with E-state index in [-0.39, 0.29) is 0 Å². The lowest BCUT2D eigenvalue weighted by molar-refractivity contribution is 0.183. The Kier molecular flexibility index (Phi) is 4.06. The minimum Gasteiger partial charge on any atom is -0.301 e. The third kappa shape index (κ3) is 2.47. The van der Waals surface area contributed by atoms with Crippen LogP contribution in [-0.4, -0.2) is 18.1 Å². The van der Waals surface area contributed by atoms with Crippen LogP contribution in [0.15, 0.2) is 24.3 Å². The van der Waals surface area contributed by atoms with Crippen LogP contribution in [0.2, 0.25) is 0 Å². The van der Waals surface area contributed by atoms with Gasteiger partial charge in [-0.05, 0) is 24.5 Å².